The lowest BCUT2D eigenvalue weighted by Crippen LogP contribution is -2.46. The Kier molecular flexibility index (Phi) is 8.95. The molecule has 0 atom stereocenters. The first-order chi connectivity index (χ1) is 16.1. The maximum Gasteiger partial charge on any atom is 0.225 e. The van der Waals surface area contributed by atoms with E-state index in [0.717, 1.165) is 68.1 Å². The van der Waals surface area contributed by atoms with Gasteiger partial charge in [-0.3, -0.25) is 4.79 Å². The van der Waals surface area contributed by atoms with Crippen LogP contribution in [0.1, 0.15) is 26.1 Å². The highest BCUT2D eigenvalue weighted by molar-refractivity contribution is 5.82. The van der Waals surface area contributed by atoms with Crippen LogP contribution in [0.4, 0.5) is 5.95 Å². The zero-order valence-corrected chi connectivity index (χ0v) is 20.2. The van der Waals surface area contributed by atoms with E-state index in [9.17, 15) is 4.79 Å². The number of anilines is 1. The first kappa shape index (κ1) is 24.4. The average Bonchev–Trinajstić information content (AvgIpc) is 3.46. The predicted octanol–water partition coefficient (Wildman–Crippen LogP) is 3.14. The molecule has 0 aliphatic carbocycles. The van der Waals surface area contributed by atoms with Crippen LogP contribution >= 0.6 is 0 Å². The van der Waals surface area contributed by atoms with Gasteiger partial charge in [0.15, 0.2) is 0 Å². The molecule has 2 aliphatic rings. The molecule has 0 saturated carbocycles. The normalized spacial score (nSPS) is 15.0. The first-order valence-corrected chi connectivity index (χ1v) is 11.6. The molecule has 33 heavy (non-hydrogen) atoms. The molecule has 4 heterocycles. The molecule has 2 aliphatic heterocycles. The Labute approximate surface area is 196 Å². The summed E-state index contributed by atoms with van der Waals surface area (Å²) < 4.78 is 2.32. The van der Waals surface area contributed by atoms with Crippen LogP contribution in [-0.2, 0) is 17.8 Å². The minimum Gasteiger partial charge on any atom is -0.342 e. The predicted molar refractivity (Wildman–Crippen MR) is 134 cm³/mol. The van der Waals surface area contributed by atoms with Crippen molar-refractivity contribution in [3.8, 4) is 11.1 Å². The number of carbonyl (C=O) groups excluding carboxylic acids is 1. The zero-order valence-electron chi connectivity index (χ0n) is 20.2. The molecule has 0 unspecified atom stereocenters. The van der Waals surface area contributed by atoms with Crippen LogP contribution in [0.15, 0.2) is 42.7 Å². The highest BCUT2D eigenvalue weighted by Gasteiger charge is 2.19. The maximum absolute atomic E-state index is 10.8. The first-order valence-electron chi connectivity index (χ1n) is 11.6. The number of allylic oxidation sites excluding steroid dienone is 2. The van der Waals surface area contributed by atoms with E-state index in [2.05, 4.69) is 43.0 Å². The Morgan fingerprint density at radius 2 is 1.61 bits per heavy atom. The summed E-state index contributed by atoms with van der Waals surface area (Å²) in [6.45, 7) is 8.03. The number of aryl methyl sites for hydroxylation is 2. The summed E-state index contributed by atoms with van der Waals surface area (Å²) in [6.07, 6.45) is 10.9. The molecular formula is C25H35N7O. The Hall–Kier alpha value is -3.26. The molecule has 2 aromatic heterocycles. The van der Waals surface area contributed by atoms with Gasteiger partial charge in [-0.05, 0) is 52.1 Å². The number of hydrogen-bond acceptors (Lipinski definition) is 6. The summed E-state index contributed by atoms with van der Waals surface area (Å²) >= 11 is 0. The van der Waals surface area contributed by atoms with Gasteiger partial charge < -0.3 is 19.7 Å². The van der Waals surface area contributed by atoms with Crippen molar-refractivity contribution in [2.24, 2.45) is 0 Å². The maximum atomic E-state index is 10.8. The molecule has 1 amide bonds. The van der Waals surface area contributed by atoms with Crippen molar-refractivity contribution >= 4 is 23.4 Å². The van der Waals surface area contributed by atoms with E-state index in [-0.39, 0.29) is 0 Å². The molecule has 0 spiro atoms. The monoisotopic (exact) mass is 449 g/mol. The van der Waals surface area contributed by atoms with Crippen LogP contribution in [0.25, 0.3) is 22.2 Å². The van der Waals surface area contributed by atoms with E-state index in [0.29, 0.717) is 0 Å². The van der Waals surface area contributed by atoms with Crippen LogP contribution in [0.5, 0.6) is 0 Å². The smallest absolute Gasteiger partial charge is 0.225 e. The molecule has 1 saturated heterocycles. The molecule has 0 bridgehead atoms. The second kappa shape index (κ2) is 12.1. The Bertz CT molecular complexity index is 1050. The Morgan fingerprint density at radius 3 is 2.21 bits per heavy atom. The van der Waals surface area contributed by atoms with Crippen LogP contribution in [0.3, 0.4) is 0 Å². The van der Waals surface area contributed by atoms with E-state index >= 15 is 0 Å². The third-order valence-corrected chi connectivity index (χ3v) is 5.66. The standard InChI is InChI=1S/C19H20N6O.C4H8.C2H7N/c26-13-23-6-8-24(9-7-23)19-20-11-15(12-21-19)14-3-4-16-17(10-14)25-5-1-2-18(25)22-16;1-3-4-2;1-3-2/h3-4,10-13H,1-2,5-9H2;3-4H,1-2H3;3H,1-2H3/b;4-3-;. The summed E-state index contributed by atoms with van der Waals surface area (Å²) in [5, 5.41) is 2.75. The summed E-state index contributed by atoms with van der Waals surface area (Å²) in [5.41, 5.74) is 4.39. The molecular weight excluding hydrogens is 414 g/mol. The van der Waals surface area contributed by atoms with Gasteiger partial charge in [0.2, 0.25) is 12.4 Å². The number of benzene rings is 1. The van der Waals surface area contributed by atoms with Crippen molar-refractivity contribution in [3.63, 3.8) is 0 Å². The van der Waals surface area contributed by atoms with Crippen molar-refractivity contribution in [1.29, 1.82) is 0 Å². The molecule has 176 valence electrons. The van der Waals surface area contributed by atoms with Crippen molar-refractivity contribution in [2.45, 2.75) is 33.2 Å². The van der Waals surface area contributed by atoms with Crippen molar-refractivity contribution in [3.05, 3.63) is 48.6 Å². The van der Waals surface area contributed by atoms with Gasteiger partial charge in [-0.15, -0.1) is 0 Å². The summed E-state index contributed by atoms with van der Waals surface area (Å²) in [5.74, 6) is 1.92. The molecule has 8 heteroatoms. The number of aromatic nitrogens is 4. The number of hydrogen-bond donors (Lipinski definition) is 1. The van der Waals surface area contributed by atoms with Gasteiger partial charge >= 0.3 is 0 Å². The van der Waals surface area contributed by atoms with E-state index in [1.807, 2.05) is 52.5 Å². The third-order valence-electron chi connectivity index (χ3n) is 5.66. The number of carbonyl (C=O) groups is 1. The topological polar surface area (TPSA) is 79.2 Å². The highest BCUT2D eigenvalue weighted by atomic mass is 16.1. The van der Waals surface area contributed by atoms with Gasteiger partial charge in [-0.2, -0.15) is 0 Å². The minimum atomic E-state index is 0.720. The molecule has 1 fully saturated rings. The van der Waals surface area contributed by atoms with E-state index in [4.69, 9.17) is 4.98 Å². The Morgan fingerprint density at radius 1 is 0.939 bits per heavy atom. The second-order valence-electron chi connectivity index (χ2n) is 8.05. The van der Waals surface area contributed by atoms with Gasteiger partial charge in [0.25, 0.3) is 0 Å². The second-order valence-corrected chi connectivity index (χ2v) is 8.05. The number of nitrogens with zero attached hydrogens (tertiary/aromatic N) is 6. The SMILES string of the molecule is C/C=C\C.CNC.O=CN1CCN(c2ncc(-c3ccc4nc5n(c4c3)CCC5)cn2)CC1. The van der Waals surface area contributed by atoms with Gasteiger partial charge in [0.05, 0.1) is 11.0 Å². The molecule has 3 aromatic rings. The van der Waals surface area contributed by atoms with E-state index in [1.54, 1.807) is 4.90 Å². The van der Waals surface area contributed by atoms with Crippen LogP contribution in [0.2, 0.25) is 0 Å². The lowest BCUT2D eigenvalue weighted by Gasteiger charge is -2.32. The van der Waals surface area contributed by atoms with Crippen LogP contribution < -0.4 is 10.2 Å². The number of amides is 1. The van der Waals surface area contributed by atoms with Crippen molar-refractivity contribution in [1.82, 2.24) is 29.7 Å². The Balaban J connectivity index is 0.000000390. The molecule has 5 rings (SSSR count). The fourth-order valence-corrected chi connectivity index (χ4v) is 3.85. The lowest BCUT2D eigenvalue weighted by atomic mass is 10.1. The van der Waals surface area contributed by atoms with Crippen LogP contribution in [0, 0.1) is 0 Å². The number of fused-ring (bicyclic) bond motifs is 3. The largest absolute Gasteiger partial charge is 0.342 e. The molecule has 1 aromatic carbocycles. The summed E-state index contributed by atoms with van der Waals surface area (Å²) in [6, 6.07) is 6.37. The van der Waals surface area contributed by atoms with Crippen LogP contribution in [-0.4, -0.2) is 71.1 Å². The lowest BCUT2D eigenvalue weighted by molar-refractivity contribution is -0.118. The zero-order chi connectivity index (χ0) is 23.6. The molecule has 8 nitrogen and oxygen atoms in total. The van der Waals surface area contributed by atoms with Crippen molar-refractivity contribution in [2.75, 3.05) is 45.2 Å². The van der Waals surface area contributed by atoms with Gasteiger partial charge in [-0.25, -0.2) is 15.0 Å². The van der Waals surface area contributed by atoms with Gasteiger partial charge in [0.1, 0.15) is 5.82 Å². The quantitative estimate of drug-likeness (QED) is 0.489. The van der Waals surface area contributed by atoms with Gasteiger partial charge in [-0.1, -0.05) is 18.2 Å². The molecule has 0 radical (unpaired) electrons. The number of piperazine rings is 1. The highest BCUT2D eigenvalue weighted by Crippen LogP contribution is 2.28. The average molecular weight is 450 g/mol. The number of rotatable bonds is 3. The van der Waals surface area contributed by atoms with Crippen molar-refractivity contribution < 1.29 is 4.79 Å². The minimum absolute atomic E-state index is 0.720. The van der Waals surface area contributed by atoms with E-state index in [1.165, 1.54) is 17.8 Å². The van der Waals surface area contributed by atoms with Gasteiger partial charge in [0, 0.05) is 57.1 Å². The fourth-order valence-electron chi connectivity index (χ4n) is 3.85. The molecule has 1 N–H and O–H groups in total. The fraction of sp³-hybridized carbons (Fsp3) is 0.440. The summed E-state index contributed by atoms with van der Waals surface area (Å²) in [7, 11) is 3.75. The van der Waals surface area contributed by atoms with E-state index < -0.39 is 0 Å². The summed E-state index contributed by atoms with van der Waals surface area (Å²) in [4.78, 5) is 28.5. The number of imidazole rings is 1. The number of nitrogens with one attached hydrogen (secondary N) is 1. The third kappa shape index (κ3) is 5.96.